The first-order valence-electron chi connectivity index (χ1n) is 18.4. The van der Waals surface area contributed by atoms with Gasteiger partial charge in [0.2, 0.25) is 0 Å². The van der Waals surface area contributed by atoms with E-state index in [0.717, 1.165) is 66.5 Å². The molecule has 0 saturated carbocycles. The van der Waals surface area contributed by atoms with E-state index in [-0.39, 0.29) is 0 Å². The lowest BCUT2D eigenvalue weighted by Crippen LogP contribution is -2.13. The first kappa shape index (κ1) is 29.3. The maximum absolute atomic E-state index is 6.88. The first-order chi connectivity index (χ1) is 26.3. The number of hydrogen-bond donors (Lipinski definition) is 0. The SMILES string of the molecule is C1=CC2=CC(c3nc(-c4cccc5c4oc4cccc(-n6c7c(c8ccccc86)C6C=CC=CC6C=C7)c45)nc4c3sc3ccccc34)=CCC2C=C1. The molecule has 0 spiro atoms. The molecule has 0 radical (unpaired) electrons. The number of aromatic nitrogens is 3. The number of thiophene rings is 1. The highest BCUT2D eigenvalue weighted by Gasteiger charge is 2.31. The van der Waals surface area contributed by atoms with Gasteiger partial charge in [0.25, 0.3) is 0 Å². The Morgan fingerprint density at radius 2 is 1.58 bits per heavy atom. The fourth-order valence-corrected chi connectivity index (χ4v) is 10.2. The topological polar surface area (TPSA) is 43.9 Å². The minimum Gasteiger partial charge on any atom is -0.455 e. The van der Waals surface area contributed by atoms with Crippen LogP contribution in [0, 0.1) is 11.8 Å². The molecule has 0 aliphatic heterocycles. The molecule has 0 saturated heterocycles. The van der Waals surface area contributed by atoms with Gasteiger partial charge in [-0.15, -0.1) is 11.3 Å². The van der Waals surface area contributed by atoms with E-state index in [4.69, 9.17) is 14.4 Å². The second-order valence-electron chi connectivity index (χ2n) is 14.4. The van der Waals surface area contributed by atoms with E-state index < -0.39 is 0 Å². The molecule has 4 aliphatic rings. The number of para-hydroxylation sites is 2. The molecule has 250 valence electrons. The third-order valence-corrected chi connectivity index (χ3v) is 12.7. The molecular weight excluding hydrogens is 667 g/mol. The van der Waals surface area contributed by atoms with Crippen LogP contribution in [0.4, 0.5) is 0 Å². The molecule has 4 aromatic carbocycles. The zero-order chi connectivity index (χ0) is 34.6. The number of nitrogens with zero attached hydrogens (tertiary/aromatic N) is 3. The standard InChI is InChI=1S/C48H31N3OS/c1-2-13-30-27-31(24-23-28(30)11-1)44-47-45(34-16-6-8-22-41(34)53-47)50-48(49-44)36-18-9-17-35-43-38(20-10-21-40(43)52-46(35)36)51-37-19-7-5-15-33(37)42-32-14-4-3-12-29(32)25-26-39(42)51/h1-22,24-29,32H,23H2. The van der Waals surface area contributed by atoms with E-state index in [9.17, 15) is 0 Å². The van der Waals surface area contributed by atoms with Gasteiger partial charge in [0.15, 0.2) is 5.82 Å². The highest BCUT2D eigenvalue weighted by Crippen LogP contribution is 2.47. The highest BCUT2D eigenvalue weighted by molar-refractivity contribution is 7.26. The smallest absolute Gasteiger partial charge is 0.164 e. The number of fused-ring (bicyclic) bond motifs is 12. The van der Waals surface area contributed by atoms with Crippen molar-refractivity contribution < 1.29 is 4.42 Å². The van der Waals surface area contributed by atoms with Crippen molar-refractivity contribution in [2.24, 2.45) is 11.8 Å². The lowest BCUT2D eigenvalue weighted by atomic mass is 9.78. The molecule has 3 unspecified atom stereocenters. The fourth-order valence-electron chi connectivity index (χ4n) is 9.08. The number of furan rings is 1. The normalized spacial score (nSPS) is 20.0. The average Bonchev–Trinajstić information content (AvgIpc) is 3.90. The van der Waals surface area contributed by atoms with Gasteiger partial charge in [0.05, 0.1) is 43.8 Å². The summed E-state index contributed by atoms with van der Waals surface area (Å²) in [6, 6.07) is 30.3. The van der Waals surface area contributed by atoms with Gasteiger partial charge in [-0.1, -0.05) is 115 Å². The van der Waals surface area contributed by atoms with Crippen LogP contribution in [0.15, 0.2) is 162 Å². The van der Waals surface area contributed by atoms with Gasteiger partial charge >= 0.3 is 0 Å². The second kappa shape index (κ2) is 11.1. The summed E-state index contributed by atoms with van der Waals surface area (Å²) in [6.07, 6.45) is 28.1. The zero-order valence-corrected chi connectivity index (χ0v) is 29.4. The maximum Gasteiger partial charge on any atom is 0.164 e. The van der Waals surface area contributed by atoms with Gasteiger partial charge in [-0.25, -0.2) is 9.97 Å². The van der Waals surface area contributed by atoms with Crippen molar-refractivity contribution in [2.75, 3.05) is 0 Å². The van der Waals surface area contributed by atoms with Crippen molar-refractivity contribution in [3.05, 3.63) is 174 Å². The molecule has 12 rings (SSSR count). The Bertz CT molecular complexity index is 3120. The summed E-state index contributed by atoms with van der Waals surface area (Å²) in [5.41, 5.74) is 11.9. The predicted molar refractivity (Wildman–Crippen MR) is 220 cm³/mol. The Hall–Kier alpha value is -6.30. The number of benzene rings is 4. The molecule has 3 atom stereocenters. The summed E-state index contributed by atoms with van der Waals surface area (Å²) in [4.78, 5) is 10.8. The summed E-state index contributed by atoms with van der Waals surface area (Å²) in [6.45, 7) is 0. The molecule has 4 aromatic heterocycles. The van der Waals surface area contributed by atoms with Crippen molar-refractivity contribution >= 4 is 76.1 Å². The predicted octanol–water partition coefficient (Wildman–Crippen LogP) is 12.7. The van der Waals surface area contributed by atoms with Crippen molar-refractivity contribution in [2.45, 2.75) is 12.3 Å². The highest BCUT2D eigenvalue weighted by atomic mass is 32.1. The van der Waals surface area contributed by atoms with Crippen LogP contribution in [0.25, 0.3) is 81.9 Å². The van der Waals surface area contributed by atoms with Crippen molar-refractivity contribution in [1.29, 1.82) is 0 Å². The first-order valence-corrected chi connectivity index (χ1v) is 19.2. The molecule has 5 heteroatoms. The van der Waals surface area contributed by atoms with E-state index in [1.54, 1.807) is 11.3 Å². The van der Waals surface area contributed by atoms with Crippen LogP contribution >= 0.6 is 11.3 Å². The molecule has 0 amide bonds. The summed E-state index contributed by atoms with van der Waals surface area (Å²) < 4.78 is 11.7. The summed E-state index contributed by atoms with van der Waals surface area (Å²) in [5, 5.41) is 4.59. The average molecular weight is 698 g/mol. The molecule has 4 heterocycles. The van der Waals surface area contributed by atoms with Crippen molar-refractivity contribution in [1.82, 2.24) is 14.5 Å². The van der Waals surface area contributed by atoms with Gasteiger partial charge in [-0.05, 0) is 65.6 Å². The maximum atomic E-state index is 6.88. The Morgan fingerprint density at radius 1 is 0.736 bits per heavy atom. The van der Waals surface area contributed by atoms with Gasteiger partial charge in [0.1, 0.15) is 11.2 Å². The Kier molecular flexibility index (Phi) is 6.14. The van der Waals surface area contributed by atoms with Crippen LogP contribution in [-0.4, -0.2) is 14.5 Å². The largest absolute Gasteiger partial charge is 0.455 e. The van der Waals surface area contributed by atoms with Gasteiger partial charge in [0, 0.05) is 38.6 Å². The van der Waals surface area contributed by atoms with E-state index in [1.165, 1.54) is 32.4 Å². The van der Waals surface area contributed by atoms with Crippen molar-refractivity contribution in [3.8, 4) is 17.1 Å². The van der Waals surface area contributed by atoms with Crippen LogP contribution in [0.2, 0.25) is 0 Å². The second-order valence-corrected chi connectivity index (χ2v) is 15.4. The number of hydrogen-bond acceptors (Lipinski definition) is 4. The summed E-state index contributed by atoms with van der Waals surface area (Å²) in [7, 11) is 0. The van der Waals surface area contributed by atoms with Crippen LogP contribution in [0.1, 0.15) is 29.3 Å². The third kappa shape index (κ3) is 4.23. The zero-order valence-electron chi connectivity index (χ0n) is 28.6. The molecule has 0 bridgehead atoms. The lowest BCUT2D eigenvalue weighted by molar-refractivity contribution is 0.669. The lowest BCUT2D eigenvalue weighted by Gasteiger charge is -2.26. The van der Waals surface area contributed by atoms with E-state index in [2.05, 4.69) is 162 Å². The fraction of sp³-hybridized carbons (Fsp3) is 0.0833. The van der Waals surface area contributed by atoms with E-state index in [0.29, 0.717) is 23.6 Å². The van der Waals surface area contributed by atoms with Gasteiger partial charge < -0.3 is 8.98 Å². The van der Waals surface area contributed by atoms with Crippen LogP contribution < -0.4 is 0 Å². The molecule has 0 fully saturated rings. The van der Waals surface area contributed by atoms with Crippen molar-refractivity contribution in [3.63, 3.8) is 0 Å². The van der Waals surface area contributed by atoms with E-state index >= 15 is 0 Å². The number of rotatable bonds is 3. The third-order valence-electron chi connectivity index (χ3n) is 11.5. The van der Waals surface area contributed by atoms with E-state index in [1.807, 2.05) is 0 Å². The Labute approximate surface area is 309 Å². The quantitative estimate of drug-likeness (QED) is 0.185. The Morgan fingerprint density at radius 3 is 2.57 bits per heavy atom. The number of allylic oxidation sites excluding steroid dienone is 13. The molecule has 8 aromatic rings. The van der Waals surface area contributed by atoms with Crippen LogP contribution in [0.3, 0.4) is 0 Å². The molecule has 53 heavy (non-hydrogen) atoms. The summed E-state index contributed by atoms with van der Waals surface area (Å²) in [5.74, 6) is 1.76. The molecule has 4 aliphatic carbocycles. The summed E-state index contributed by atoms with van der Waals surface area (Å²) >= 11 is 1.78. The molecule has 0 N–H and O–H groups in total. The van der Waals surface area contributed by atoms with Gasteiger partial charge in [-0.2, -0.15) is 0 Å². The monoisotopic (exact) mass is 697 g/mol. The molecule has 4 nitrogen and oxygen atoms in total. The van der Waals surface area contributed by atoms with Crippen LogP contribution in [-0.2, 0) is 0 Å². The Balaban J connectivity index is 1.10. The molecular formula is C48H31N3OS. The minimum atomic E-state index is 0.305. The van der Waals surface area contributed by atoms with Crippen LogP contribution in [0.5, 0.6) is 0 Å². The van der Waals surface area contributed by atoms with Gasteiger partial charge in [-0.3, -0.25) is 0 Å². The minimum absolute atomic E-state index is 0.305.